The van der Waals surface area contributed by atoms with Crippen LogP contribution < -0.4 is 0 Å². The fourth-order valence-electron chi connectivity index (χ4n) is 8.24. The van der Waals surface area contributed by atoms with Gasteiger partial charge in [-0.2, -0.15) is 6.07 Å². The average molecular weight is 625 g/mol. The van der Waals surface area contributed by atoms with Crippen LogP contribution in [0, 0.1) is 23.2 Å². The van der Waals surface area contributed by atoms with Crippen LogP contribution in [0.15, 0.2) is 85.5 Å². The molecule has 4 fully saturated rings. The third-order valence-electron chi connectivity index (χ3n) is 9.25. The van der Waals surface area contributed by atoms with Gasteiger partial charge in [0.1, 0.15) is 16.8 Å². The summed E-state index contributed by atoms with van der Waals surface area (Å²) in [6.45, 7) is 7.28. The summed E-state index contributed by atoms with van der Waals surface area (Å²) in [5.41, 5.74) is 3.71. The van der Waals surface area contributed by atoms with Crippen LogP contribution in [0.3, 0.4) is 0 Å². The summed E-state index contributed by atoms with van der Waals surface area (Å²) >= 11 is 0. The standard InChI is InChI=1S/C29H37N4P2.C5H5.Fe/c1-27(2,3)35-24(28-16-19-13-20(17-28)15-21(14-19)18-28)22-7-4-8-23(22)29(34,25-30-9-5-10-31-25)26-32-11-6-12-33-26;1-2-4-5-3-1;/h4-12,19-21,24,35H,13-18,34H2,1-3H3;1-5H;/q-1;-5;. The van der Waals surface area contributed by atoms with Crippen LogP contribution in [0.25, 0.3) is 0 Å². The summed E-state index contributed by atoms with van der Waals surface area (Å²) in [4.78, 5) is 19.0. The molecule has 0 radical (unpaired) electrons. The average Bonchev–Trinajstić information content (AvgIpc) is 3.67. The summed E-state index contributed by atoms with van der Waals surface area (Å²) in [5.74, 6) is 4.28. The van der Waals surface area contributed by atoms with Gasteiger partial charge in [0.2, 0.25) is 0 Å². The first-order valence-corrected chi connectivity index (χ1v) is 16.5. The number of aromatic nitrogens is 4. The molecule has 0 saturated heterocycles. The Balaban J connectivity index is 0.000000510. The second-order valence-corrected chi connectivity index (χ2v) is 16.6. The molecule has 0 amide bonds. The Hall–Kier alpha value is -1.76. The van der Waals surface area contributed by atoms with Gasteiger partial charge in [-0.05, 0) is 84.6 Å². The van der Waals surface area contributed by atoms with Gasteiger partial charge < -0.3 is 30.3 Å². The maximum Gasteiger partial charge on any atom is 0.147 e. The first-order valence-electron chi connectivity index (χ1n) is 14.8. The molecule has 4 nitrogen and oxygen atoms in total. The van der Waals surface area contributed by atoms with Crippen molar-refractivity contribution in [3.63, 3.8) is 0 Å². The topological polar surface area (TPSA) is 51.6 Å². The molecular weight excluding hydrogens is 582 g/mol. The molecular formula is C34H42FeN4P2-6. The van der Waals surface area contributed by atoms with Crippen molar-refractivity contribution in [3.8, 4) is 0 Å². The van der Waals surface area contributed by atoms with E-state index in [0.717, 1.165) is 38.0 Å². The van der Waals surface area contributed by atoms with Crippen molar-refractivity contribution < 1.29 is 17.1 Å². The first-order chi connectivity index (χ1) is 19.3. The van der Waals surface area contributed by atoms with E-state index in [4.69, 9.17) is 19.9 Å². The Kier molecular flexibility index (Phi) is 9.33. The predicted octanol–water partition coefficient (Wildman–Crippen LogP) is 8.29. The smallest absolute Gasteiger partial charge is 0.147 e. The van der Waals surface area contributed by atoms with Crippen LogP contribution >= 0.6 is 17.8 Å². The zero-order chi connectivity index (χ0) is 27.8. The summed E-state index contributed by atoms with van der Waals surface area (Å²) in [5, 5.41) is -0.400. The van der Waals surface area contributed by atoms with Crippen molar-refractivity contribution in [3.05, 3.63) is 108 Å². The fraction of sp³-hybridized carbons (Fsp3) is 0.471. The Morgan fingerprint density at radius 2 is 1.24 bits per heavy atom. The van der Waals surface area contributed by atoms with Crippen LogP contribution in [-0.2, 0) is 22.2 Å². The minimum absolute atomic E-state index is 0. The molecule has 41 heavy (non-hydrogen) atoms. The van der Waals surface area contributed by atoms with Gasteiger partial charge in [0, 0.05) is 41.9 Å². The third kappa shape index (κ3) is 6.31. The van der Waals surface area contributed by atoms with Crippen LogP contribution in [0.4, 0.5) is 0 Å². The van der Waals surface area contributed by atoms with E-state index >= 15 is 0 Å². The van der Waals surface area contributed by atoms with Crippen molar-refractivity contribution >= 4 is 17.8 Å². The normalized spacial score (nSPS) is 25.9. The third-order valence-corrected chi connectivity index (χ3v) is 12.2. The van der Waals surface area contributed by atoms with Crippen molar-refractivity contribution in [2.45, 2.75) is 75.3 Å². The molecule has 0 N–H and O–H groups in total. The monoisotopic (exact) mass is 624 g/mol. The minimum atomic E-state index is -0.676. The van der Waals surface area contributed by atoms with E-state index in [1.165, 1.54) is 49.7 Å². The van der Waals surface area contributed by atoms with Crippen molar-refractivity contribution in [1.29, 1.82) is 0 Å². The van der Waals surface area contributed by atoms with Crippen molar-refractivity contribution in [2.24, 2.45) is 23.2 Å². The largest absolute Gasteiger partial charge is 0.748 e. The molecule has 0 spiro atoms. The maximum absolute atomic E-state index is 4.74. The van der Waals surface area contributed by atoms with Gasteiger partial charge in [0.05, 0.1) is 0 Å². The molecule has 4 aliphatic carbocycles. The van der Waals surface area contributed by atoms with E-state index in [9.17, 15) is 0 Å². The van der Waals surface area contributed by atoms with E-state index < -0.39 is 5.16 Å². The zero-order valence-electron chi connectivity index (χ0n) is 24.4. The quantitative estimate of drug-likeness (QED) is 0.123. The molecule has 2 aromatic heterocycles. The number of hydrogen-bond acceptors (Lipinski definition) is 4. The predicted molar refractivity (Wildman–Crippen MR) is 169 cm³/mol. The van der Waals surface area contributed by atoms with Gasteiger partial charge in [0.25, 0.3) is 0 Å². The van der Waals surface area contributed by atoms with Gasteiger partial charge >= 0.3 is 0 Å². The van der Waals surface area contributed by atoms with E-state index in [1.54, 1.807) is 0 Å². The molecule has 3 atom stereocenters. The zero-order valence-corrected chi connectivity index (χ0v) is 27.6. The summed E-state index contributed by atoms with van der Waals surface area (Å²) in [6, 6.07) is 20.7. The van der Waals surface area contributed by atoms with Crippen LogP contribution in [0.2, 0.25) is 0 Å². The van der Waals surface area contributed by atoms with Gasteiger partial charge in [-0.1, -0.05) is 20.8 Å². The molecule has 8 rings (SSSR count). The molecule has 3 unspecified atom stereocenters. The Labute approximate surface area is 260 Å². The van der Waals surface area contributed by atoms with Crippen LogP contribution in [0.5, 0.6) is 0 Å². The number of nitrogens with zero attached hydrogens (tertiary/aromatic N) is 4. The van der Waals surface area contributed by atoms with Gasteiger partial charge in [-0.3, -0.25) is 0 Å². The second kappa shape index (κ2) is 12.5. The molecule has 4 aliphatic rings. The molecule has 4 bridgehead atoms. The van der Waals surface area contributed by atoms with Crippen molar-refractivity contribution in [2.75, 3.05) is 0 Å². The van der Waals surface area contributed by atoms with Crippen LogP contribution in [-0.4, -0.2) is 25.1 Å². The molecule has 2 heterocycles. The molecule has 0 aliphatic heterocycles. The summed E-state index contributed by atoms with van der Waals surface area (Å²) in [6.07, 6.45) is 16.0. The fourth-order valence-corrected chi connectivity index (χ4v) is 10.7. The van der Waals surface area contributed by atoms with Crippen molar-refractivity contribution in [1.82, 2.24) is 19.9 Å². The van der Waals surface area contributed by atoms with E-state index in [-0.39, 0.29) is 22.2 Å². The van der Waals surface area contributed by atoms with Crippen LogP contribution in [0.1, 0.15) is 87.7 Å². The minimum Gasteiger partial charge on any atom is -0.748 e. The molecule has 4 saturated carbocycles. The number of rotatable bonds is 6. The molecule has 7 heteroatoms. The second-order valence-electron chi connectivity index (χ2n) is 13.4. The van der Waals surface area contributed by atoms with Gasteiger partial charge in [0.15, 0.2) is 0 Å². The molecule has 222 valence electrons. The Morgan fingerprint density at radius 1 is 0.805 bits per heavy atom. The Morgan fingerprint density at radius 3 is 1.66 bits per heavy atom. The number of hydrogen-bond donors (Lipinski definition) is 0. The van der Waals surface area contributed by atoms with Gasteiger partial charge in [-0.15, -0.1) is 28.9 Å². The SMILES string of the molecule is CC(C)(C)PC([c-]1cccc1C(P)(c1ncccn1)c1ncccn1)C12CC3CC(CC(C3)C1)C2.[Fe].[cH-]1[cH-][cH-][cH-][cH-]1. The summed E-state index contributed by atoms with van der Waals surface area (Å²) in [7, 11) is 3.95. The molecule has 2 aromatic carbocycles. The van der Waals surface area contributed by atoms with E-state index in [1.807, 2.05) is 67.3 Å². The molecule has 4 aromatic rings. The van der Waals surface area contributed by atoms with Gasteiger partial charge in [-0.25, -0.2) is 32.1 Å². The maximum atomic E-state index is 4.74. The summed E-state index contributed by atoms with van der Waals surface area (Å²) < 4.78 is 0. The Bertz CT molecular complexity index is 1270. The first kappa shape index (κ1) is 30.7. The van der Waals surface area contributed by atoms with E-state index in [2.05, 4.69) is 48.2 Å². The van der Waals surface area contributed by atoms with E-state index in [0.29, 0.717) is 11.1 Å².